The van der Waals surface area contributed by atoms with Gasteiger partial charge in [-0.25, -0.2) is 4.98 Å². The highest BCUT2D eigenvalue weighted by molar-refractivity contribution is 9.10. The van der Waals surface area contributed by atoms with Crippen molar-refractivity contribution in [3.63, 3.8) is 0 Å². The van der Waals surface area contributed by atoms with Gasteiger partial charge in [0.1, 0.15) is 11.6 Å². The van der Waals surface area contributed by atoms with Gasteiger partial charge in [-0.3, -0.25) is 0 Å². The molecule has 3 rings (SSSR count). The lowest BCUT2D eigenvalue weighted by atomic mass is 10.2. The van der Waals surface area contributed by atoms with E-state index in [1.165, 1.54) is 0 Å². The maximum atomic E-state index is 5.64. The van der Waals surface area contributed by atoms with E-state index in [0.29, 0.717) is 0 Å². The molecule has 20 heavy (non-hydrogen) atoms. The van der Waals surface area contributed by atoms with Crippen molar-refractivity contribution >= 4 is 27.0 Å². The maximum absolute atomic E-state index is 5.64. The fraction of sp³-hybridized carbons (Fsp3) is 0.188. The number of rotatable bonds is 3. The van der Waals surface area contributed by atoms with E-state index < -0.39 is 0 Å². The van der Waals surface area contributed by atoms with E-state index in [1.54, 1.807) is 0 Å². The molecule has 0 unspecified atom stereocenters. The number of imidazole rings is 1. The number of nitrogens with zero attached hydrogens (tertiary/aromatic N) is 1. The largest absolute Gasteiger partial charge is 0.491 e. The number of H-pyrrole nitrogens is 1. The van der Waals surface area contributed by atoms with Crippen LogP contribution in [-0.4, -0.2) is 16.1 Å². The van der Waals surface area contributed by atoms with Crippen LogP contribution < -0.4 is 4.74 Å². The summed E-state index contributed by atoms with van der Waals surface area (Å²) in [5.41, 5.74) is 3.04. The highest BCUT2D eigenvalue weighted by atomic mass is 79.9. The zero-order chi connectivity index (χ0) is 14.1. The number of hydrogen-bond donors (Lipinski definition) is 1. The number of ether oxygens (including phenoxy) is 1. The normalized spacial score (nSPS) is 11.2. The predicted octanol–water partition coefficient (Wildman–Crippen LogP) is 4.78. The second-order valence-electron chi connectivity index (χ2n) is 4.94. The Morgan fingerprint density at radius 1 is 1.10 bits per heavy atom. The molecule has 0 aliphatic heterocycles. The Labute approximate surface area is 126 Å². The number of fused-ring (bicyclic) bond motifs is 1. The minimum atomic E-state index is 0.185. The number of aromatic amines is 1. The number of nitrogens with one attached hydrogen (secondary N) is 1. The van der Waals surface area contributed by atoms with Gasteiger partial charge >= 0.3 is 0 Å². The molecule has 0 aliphatic carbocycles. The van der Waals surface area contributed by atoms with Crippen LogP contribution in [0.5, 0.6) is 5.75 Å². The number of aromatic nitrogens is 2. The Morgan fingerprint density at radius 2 is 1.85 bits per heavy atom. The summed E-state index contributed by atoms with van der Waals surface area (Å²) in [6.45, 7) is 4.04. The summed E-state index contributed by atoms with van der Waals surface area (Å²) in [5, 5.41) is 0. The fourth-order valence-electron chi connectivity index (χ4n) is 2.08. The Morgan fingerprint density at radius 3 is 2.55 bits per heavy atom. The van der Waals surface area contributed by atoms with Crippen LogP contribution >= 0.6 is 15.9 Å². The first kappa shape index (κ1) is 13.2. The molecule has 0 spiro atoms. The Kier molecular flexibility index (Phi) is 3.49. The topological polar surface area (TPSA) is 37.9 Å². The van der Waals surface area contributed by atoms with E-state index in [-0.39, 0.29) is 6.10 Å². The molecular weight excluding hydrogens is 316 g/mol. The molecule has 3 aromatic rings. The van der Waals surface area contributed by atoms with E-state index >= 15 is 0 Å². The molecule has 0 aliphatic rings. The molecule has 3 nitrogen and oxygen atoms in total. The van der Waals surface area contributed by atoms with Crippen molar-refractivity contribution in [1.29, 1.82) is 0 Å². The van der Waals surface area contributed by atoms with Crippen molar-refractivity contribution in [2.45, 2.75) is 20.0 Å². The minimum absolute atomic E-state index is 0.185. The van der Waals surface area contributed by atoms with Crippen molar-refractivity contribution in [3.8, 4) is 17.1 Å². The summed E-state index contributed by atoms with van der Waals surface area (Å²) >= 11 is 3.47. The van der Waals surface area contributed by atoms with Crippen LogP contribution in [0.25, 0.3) is 22.4 Å². The lowest BCUT2D eigenvalue weighted by Gasteiger charge is -2.09. The van der Waals surface area contributed by atoms with Crippen molar-refractivity contribution in [2.75, 3.05) is 0 Å². The van der Waals surface area contributed by atoms with E-state index in [2.05, 4.69) is 25.9 Å². The quantitative estimate of drug-likeness (QED) is 0.750. The van der Waals surface area contributed by atoms with Crippen LogP contribution in [0.15, 0.2) is 46.9 Å². The van der Waals surface area contributed by atoms with Gasteiger partial charge in [-0.1, -0.05) is 15.9 Å². The average molecular weight is 331 g/mol. The molecule has 1 heterocycles. The van der Waals surface area contributed by atoms with Gasteiger partial charge in [-0.05, 0) is 56.3 Å². The Hall–Kier alpha value is -1.81. The van der Waals surface area contributed by atoms with Crippen LogP contribution in [0.1, 0.15) is 13.8 Å². The summed E-state index contributed by atoms with van der Waals surface area (Å²) in [6.07, 6.45) is 0.185. The third kappa shape index (κ3) is 2.70. The molecule has 1 N–H and O–H groups in total. The second kappa shape index (κ2) is 5.29. The monoisotopic (exact) mass is 330 g/mol. The summed E-state index contributed by atoms with van der Waals surface area (Å²) in [7, 11) is 0. The van der Waals surface area contributed by atoms with Gasteiger partial charge in [0.15, 0.2) is 0 Å². The van der Waals surface area contributed by atoms with Crippen LogP contribution in [0.2, 0.25) is 0 Å². The SMILES string of the molecule is CC(C)Oc1ccc(-c2nc3ccc(Br)cc3[nH]2)cc1. The first-order valence-corrected chi connectivity index (χ1v) is 7.33. The van der Waals surface area contributed by atoms with E-state index in [0.717, 1.165) is 32.6 Å². The van der Waals surface area contributed by atoms with Gasteiger partial charge in [0.2, 0.25) is 0 Å². The highest BCUT2D eigenvalue weighted by Crippen LogP contribution is 2.24. The Bertz CT molecular complexity index is 732. The molecule has 0 atom stereocenters. The first-order valence-electron chi connectivity index (χ1n) is 6.54. The summed E-state index contributed by atoms with van der Waals surface area (Å²) in [4.78, 5) is 7.93. The lowest BCUT2D eigenvalue weighted by molar-refractivity contribution is 0.242. The predicted molar refractivity (Wildman–Crippen MR) is 85.0 cm³/mol. The third-order valence-electron chi connectivity index (χ3n) is 2.94. The van der Waals surface area contributed by atoms with Gasteiger partial charge in [0.25, 0.3) is 0 Å². The van der Waals surface area contributed by atoms with Crippen LogP contribution in [-0.2, 0) is 0 Å². The smallest absolute Gasteiger partial charge is 0.138 e. The zero-order valence-corrected chi connectivity index (χ0v) is 12.9. The molecule has 0 saturated heterocycles. The summed E-state index contributed by atoms with van der Waals surface area (Å²) < 4.78 is 6.69. The molecule has 0 bridgehead atoms. The van der Waals surface area contributed by atoms with Crippen LogP contribution in [0.3, 0.4) is 0 Å². The molecule has 0 fully saturated rings. The standard InChI is InChI=1S/C16H15BrN2O/c1-10(2)20-13-6-3-11(4-7-13)16-18-14-8-5-12(17)9-15(14)19-16/h3-10H,1-2H3,(H,18,19). The molecule has 4 heteroatoms. The summed E-state index contributed by atoms with van der Waals surface area (Å²) in [5.74, 6) is 1.75. The van der Waals surface area contributed by atoms with Crippen molar-refractivity contribution < 1.29 is 4.74 Å². The molecular formula is C16H15BrN2O. The van der Waals surface area contributed by atoms with Gasteiger partial charge in [0.05, 0.1) is 17.1 Å². The van der Waals surface area contributed by atoms with Crippen molar-refractivity contribution in [2.24, 2.45) is 0 Å². The van der Waals surface area contributed by atoms with Gasteiger partial charge in [0, 0.05) is 10.0 Å². The van der Waals surface area contributed by atoms with E-state index in [1.807, 2.05) is 56.3 Å². The van der Waals surface area contributed by atoms with Crippen LogP contribution in [0.4, 0.5) is 0 Å². The maximum Gasteiger partial charge on any atom is 0.138 e. The van der Waals surface area contributed by atoms with Gasteiger partial charge in [-0.2, -0.15) is 0 Å². The lowest BCUT2D eigenvalue weighted by Crippen LogP contribution is -2.05. The Balaban J connectivity index is 1.94. The zero-order valence-electron chi connectivity index (χ0n) is 11.4. The number of halogens is 1. The molecule has 0 amide bonds. The fourth-order valence-corrected chi connectivity index (χ4v) is 2.44. The molecule has 0 saturated carbocycles. The summed E-state index contributed by atoms with van der Waals surface area (Å²) in [6, 6.07) is 14.0. The van der Waals surface area contributed by atoms with Gasteiger partial charge in [-0.15, -0.1) is 0 Å². The molecule has 102 valence electrons. The first-order chi connectivity index (χ1) is 9.61. The van der Waals surface area contributed by atoms with Crippen molar-refractivity contribution in [3.05, 3.63) is 46.9 Å². The third-order valence-corrected chi connectivity index (χ3v) is 3.44. The average Bonchev–Trinajstić information content (AvgIpc) is 2.81. The van der Waals surface area contributed by atoms with E-state index in [9.17, 15) is 0 Å². The van der Waals surface area contributed by atoms with Crippen LogP contribution in [0, 0.1) is 0 Å². The number of hydrogen-bond acceptors (Lipinski definition) is 2. The molecule has 0 radical (unpaired) electrons. The highest BCUT2D eigenvalue weighted by Gasteiger charge is 2.06. The number of benzene rings is 2. The van der Waals surface area contributed by atoms with Crippen molar-refractivity contribution in [1.82, 2.24) is 9.97 Å². The molecule has 2 aromatic carbocycles. The molecule has 1 aromatic heterocycles. The second-order valence-corrected chi connectivity index (χ2v) is 5.85. The van der Waals surface area contributed by atoms with E-state index in [4.69, 9.17) is 4.74 Å². The van der Waals surface area contributed by atoms with Gasteiger partial charge < -0.3 is 9.72 Å². The minimum Gasteiger partial charge on any atom is -0.491 e.